The summed E-state index contributed by atoms with van der Waals surface area (Å²) in [6.45, 7) is 5.70. The maximum atomic E-state index is 11.6. The lowest BCUT2D eigenvalue weighted by atomic mass is 10.1. The summed E-state index contributed by atoms with van der Waals surface area (Å²) in [5, 5.41) is 0. The van der Waals surface area contributed by atoms with Gasteiger partial charge in [-0.1, -0.05) is 0 Å². The Morgan fingerprint density at radius 2 is 2.00 bits per heavy atom. The van der Waals surface area contributed by atoms with Crippen molar-refractivity contribution in [2.24, 2.45) is 0 Å². The largest absolute Gasteiger partial charge is 0.399 e. The summed E-state index contributed by atoms with van der Waals surface area (Å²) in [5.41, 5.74) is 8.81. The zero-order valence-electron chi connectivity index (χ0n) is 11.7. The molecule has 0 radical (unpaired) electrons. The van der Waals surface area contributed by atoms with Crippen LogP contribution in [-0.2, 0) is 4.79 Å². The Hall–Kier alpha value is -1.71. The molecular formula is C14H23N3O. The number of nitrogen functional groups attached to an aromatic ring is 1. The van der Waals surface area contributed by atoms with Crippen LogP contribution >= 0.6 is 0 Å². The van der Waals surface area contributed by atoms with Crippen LogP contribution in [0.3, 0.4) is 0 Å². The van der Waals surface area contributed by atoms with Crippen molar-refractivity contribution in [3.63, 3.8) is 0 Å². The quantitative estimate of drug-likeness (QED) is 0.811. The summed E-state index contributed by atoms with van der Waals surface area (Å²) < 4.78 is 0. The molecule has 100 valence electrons. The molecule has 18 heavy (non-hydrogen) atoms. The van der Waals surface area contributed by atoms with Crippen LogP contribution in [-0.4, -0.2) is 38.0 Å². The average Bonchev–Trinajstić information content (AvgIpc) is 2.33. The number of aryl methyl sites for hydroxylation is 1. The highest BCUT2D eigenvalue weighted by atomic mass is 16.2. The van der Waals surface area contributed by atoms with E-state index in [0.29, 0.717) is 6.42 Å². The van der Waals surface area contributed by atoms with E-state index in [1.54, 1.807) is 19.0 Å². The van der Waals surface area contributed by atoms with E-state index < -0.39 is 0 Å². The number of nitrogens with two attached hydrogens (primary N) is 1. The van der Waals surface area contributed by atoms with E-state index in [-0.39, 0.29) is 5.91 Å². The highest BCUT2D eigenvalue weighted by Crippen LogP contribution is 2.20. The third-order valence-corrected chi connectivity index (χ3v) is 3.09. The van der Waals surface area contributed by atoms with E-state index >= 15 is 0 Å². The molecular weight excluding hydrogens is 226 g/mol. The summed E-state index contributed by atoms with van der Waals surface area (Å²) in [7, 11) is 3.57. The molecule has 0 aliphatic rings. The van der Waals surface area contributed by atoms with E-state index in [0.717, 1.165) is 30.0 Å². The highest BCUT2D eigenvalue weighted by Gasteiger charge is 2.09. The molecule has 0 heterocycles. The zero-order valence-corrected chi connectivity index (χ0v) is 11.7. The van der Waals surface area contributed by atoms with Gasteiger partial charge < -0.3 is 15.5 Å². The SMILES string of the molecule is CCN(CCC(=O)N(C)C)c1ccc(N)c(C)c1. The van der Waals surface area contributed by atoms with Crippen LogP contribution in [0.1, 0.15) is 18.9 Å². The van der Waals surface area contributed by atoms with Crippen molar-refractivity contribution in [3.8, 4) is 0 Å². The Labute approximate surface area is 109 Å². The predicted molar refractivity (Wildman–Crippen MR) is 76.8 cm³/mol. The van der Waals surface area contributed by atoms with Crippen LogP contribution in [0.15, 0.2) is 18.2 Å². The van der Waals surface area contributed by atoms with Gasteiger partial charge in [0.25, 0.3) is 0 Å². The second kappa shape index (κ2) is 6.28. The average molecular weight is 249 g/mol. The summed E-state index contributed by atoms with van der Waals surface area (Å²) >= 11 is 0. The molecule has 0 spiro atoms. The van der Waals surface area contributed by atoms with Crippen LogP contribution < -0.4 is 10.6 Å². The molecule has 0 saturated carbocycles. The van der Waals surface area contributed by atoms with E-state index in [1.165, 1.54) is 0 Å². The Kier molecular flexibility index (Phi) is 5.01. The van der Waals surface area contributed by atoms with Gasteiger partial charge in [-0.15, -0.1) is 0 Å². The highest BCUT2D eigenvalue weighted by molar-refractivity contribution is 5.76. The molecule has 0 saturated heterocycles. The number of rotatable bonds is 5. The molecule has 1 aromatic carbocycles. The summed E-state index contributed by atoms with van der Waals surface area (Å²) in [6, 6.07) is 5.99. The molecule has 0 aliphatic heterocycles. The molecule has 0 atom stereocenters. The molecule has 1 rings (SSSR count). The van der Waals surface area contributed by atoms with Crippen molar-refractivity contribution in [2.75, 3.05) is 37.8 Å². The smallest absolute Gasteiger partial charge is 0.223 e. The fraction of sp³-hybridized carbons (Fsp3) is 0.500. The number of anilines is 2. The number of benzene rings is 1. The third kappa shape index (κ3) is 3.65. The minimum Gasteiger partial charge on any atom is -0.399 e. The first-order valence-corrected chi connectivity index (χ1v) is 6.27. The Bertz CT molecular complexity index is 416. The molecule has 0 bridgehead atoms. The van der Waals surface area contributed by atoms with Crippen molar-refractivity contribution in [3.05, 3.63) is 23.8 Å². The first-order valence-electron chi connectivity index (χ1n) is 6.27. The number of nitrogens with zero attached hydrogens (tertiary/aromatic N) is 2. The number of amides is 1. The first-order chi connectivity index (χ1) is 8.45. The van der Waals surface area contributed by atoms with Crippen molar-refractivity contribution in [2.45, 2.75) is 20.3 Å². The summed E-state index contributed by atoms with van der Waals surface area (Å²) in [5.74, 6) is 0.153. The van der Waals surface area contributed by atoms with E-state index in [4.69, 9.17) is 5.73 Å². The lowest BCUT2D eigenvalue weighted by Gasteiger charge is -2.24. The van der Waals surface area contributed by atoms with Gasteiger partial charge in [0.15, 0.2) is 0 Å². The maximum absolute atomic E-state index is 11.6. The van der Waals surface area contributed by atoms with Gasteiger partial charge in [-0.3, -0.25) is 4.79 Å². The van der Waals surface area contributed by atoms with Gasteiger partial charge in [-0.25, -0.2) is 0 Å². The van der Waals surface area contributed by atoms with Gasteiger partial charge in [-0.05, 0) is 37.6 Å². The lowest BCUT2D eigenvalue weighted by molar-refractivity contribution is -0.128. The normalized spacial score (nSPS) is 10.2. The van der Waals surface area contributed by atoms with Gasteiger partial charge in [0.1, 0.15) is 0 Å². The third-order valence-electron chi connectivity index (χ3n) is 3.09. The van der Waals surface area contributed by atoms with Crippen LogP contribution in [0.5, 0.6) is 0 Å². The van der Waals surface area contributed by atoms with Crippen molar-refractivity contribution in [1.29, 1.82) is 0 Å². The molecule has 4 nitrogen and oxygen atoms in total. The maximum Gasteiger partial charge on any atom is 0.223 e. The Balaban J connectivity index is 2.71. The first kappa shape index (κ1) is 14.4. The zero-order chi connectivity index (χ0) is 13.7. The van der Waals surface area contributed by atoms with Crippen LogP contribution in [0.2, 0.25) is 0 Å². The second-order valence-electron chi connectivity index (χ2n) is 4.66. The van der Waals surface area contributed by atoms with Gasteiger partial charge in [0.05, 0.1) is 0 Å². The van der Waals surface area contributed by atoms with E-state index in [2.05, 4.69) is 17.9 Å². The van der Waals surface area contributed by atoms with Gasteiger partial charge in [0.2, 0.25) is 5.91 Å². The van der Waals surface area contributed by atoms with Gasteiger partial charge >= 0.3 is 0 Å². The number of carbonyl (C=O) groups excluding carboxylic acids is 1. The summed E-state index contributed by atoms with van der Waals surface area (Å²) in [6.07, 6.45) is 0.532. The minimum atomic E-state index is 0.153. The summed E-state index contributed by atoms with van der Waals surface area (Å²) in [4.78, 5) is 15.4. The molecule has 1 aromatic rings. The van der Waals surface area contributed by atoms with Gasteiger partial charge in [-0.2, -0.15) is 0 Å². The number of carbonyl (C=O) groups is 1. The Morgan fingerprint density at radius 3 is 2.50 bits per heavy atom. The predicted octanol–water partition coefficient (Wildman–Crippen LogP) is 1.88. The fourth-order valence-corrected chi connectivity index (χ4v) is 1.78. The number of hydrogen-bond donors (Lipinski definition) is 1. The van der Waals surface area contributed by atoms with Crippen LogP contribution in [0.25, 0.3) is 0 Å². The lowest BCUT2D eigenvalue weighted by Crippen LogP contribution is -2.30. The number of hydrogen-bond acceptors (Lipinski definition) is 3. The standard InChI is InChI=1S/C14H23N3O/c1-5-17(9-8-14(18)16(3)4)12-6-7-13(15)11(2)10-12/h6-7,10H,5,8-9,15H2,1-4H3. The van der Waals surface area contributed by atoms with Crippen LogP contribution in [0.4, 0.5) is 11.4 Å². The molecule has 2 N–H and O–H groups in total. The molecule has 1 amide bonds. The molecule has 0 aliphatic carbocycles. The van der Waals surface area contributed by atoms with Crippen molar-refractivity contribution in [1.82, 2.24) is 4.90 Å². The Morgan fingerprint density at radius 1 is 1.33 bits per heavy atom. The van der Waals surface area contributed by atoms with Gasteiger partial charge in [0, 0.05) is 45.0 Å². The molecule has 4 heteroatoms. The second-order valence-corrected chi connectivity index (χ2v) is 4.66. The fourth-order valence-electron chi connectivity index (χ4n) is 1.78. The van der Waals surface area contributed by atoms with Crippen molar-refractivity contribution >= 4 is 17.3 Å². The molecule has 0 aromatic heterocycles. The molecule has 0 unspecified atom stereocenters. The van der Waals surface area contributed by atoms with E-state index in [1.807, 2.05) is 19.1 Å². The molecule has 0 fully saturated rings. The van der Waals surface area contributed by atoms with Crippen molar-refractivity contribution < 1.29 is 4.79 Å². The topological polar surface area (TPSA) is 49.6 Å². The van der Waals surface area contributed by atoms with E-state index in [9.17, 15) is 4.79 Å². The minimum absolute atomic E-state index is 0.153. The van der Waals surface area contributed by atoms with Crippen LogP contribution in [0, 0.1) is 6.92 Å². The monoisotopic (exact) mass is 249 g/mol.